The molecule has 102 valence electrons. The average molecular weight is 258 g/mol. The number of aliphatic hydroxyl groups is 1. The Morgan fingerprint density at radius 3 is 2.58 bits per heavy atom. The number of hydrogen-bond donors (Lipinski definition) is 1. The molecule has 0 saturated heterocycles. The number of imidazole rings is 1. The maximum absolute atomic E-state index is 9.51. The molecule has 3 nitrogen and oxygen atoms in total. The van der Waals surface area contributed by atoms with Crippen molar-refractivity contribution in [1.29, 1.82) is 0 Å². The number of aromatic nitrogens is 2. The van der Waals surface area contributed by atoms with Gasteiger partial charge in [-0.25, -0.2) is 4.98 Å². The Bertz CT molecular complexity index is 502. The molecule has 0 spiro atoms. The second-order valence-electron chi connectivity index (χ2n) is 5.23. The molecule has 0 amide bonds. The molecule has 1 N–H and O–H groups in total. The normalized spacial score (nSPS) is 12.6. The fourth-order valence-corrected chi connectivity index (χ4v) is 2.29. The minimum atomic E-state index is 0.234. The van der Waals surface area contributed by atoms with Crippen molar-refractivity contribution < 1.29 is 5.11 Å². The van der Waals surface area contributed by atoms with Crippen LogP contribution in [0.25, 0.3) is 0 Å². The lowest BCUT2D eigenvalue weighted by Gasteiger charge is -2.14. The van der Waals surface area contributed by atoms with Crippen LogP contribution in [0.1, 0.15) is 23.4 Å². The van der Waals surface area contributed by atoms with Crippen LogP contribution < -0.4 is 0 Å². The summed E-state index contributed by atoms with van der Waals surface area (Å²) in [4.78, 5) is 4.32. The Morgan fingerprint density at radius 2 is 2.00 bits per heavy atom. The van der Waals surface area contributed by atoms with E-state index in [1.165, 1.54) is 11.1 Å². The molecule has 3 heteroatoms. The van der Waals surface area contributed by atoms with E-state index in [-0.39, 0.29) is 6.61 Å². The van der Waals surface area contributed by atoms with Gasteiger partial charge in [0.25, 0.3) is 0 Å². The minimum absolute atomic E-state index is 0.234. The first-order chi connectivity index (χ1) is 9.19. The van der Waals surface area contributed by atoms with Gasteiger partial charge in [0.15, 0.2) is 0 Å². The van der Waals surface area contributed by atoms with Crippen molar-refractivity contribution in [3.8, 4) is 0 Å². The van der Waals surface area contributed by atoms with Crippen LogP contribution >= 0.6 is 0 Å². The van der Waals surface area contributed by atoms with Gasteiger partial charge in [0.2, 0.25) is 0 Å². The Balaban J connectivity index is 1.90. The summed E-state index contributed by atoms with van der Waals surface area (Å²) in [5.74, 6) is 1.39. The summed E-state index contributed by atoms with van der Waals surface area (Å²) in [5.41, 5.74) is 2.57. The zero-order valence-corrected chi connectivity index (χ0v) is 11.7. The molecular formula is C16H22N2O. The summed E-state index contributed by atoms with van der Waals surface area (Å²) in [6, 6.07) is 8.56. The van der Waals surface area contributed by atoms with Crippen molar-refractivity contribution in [2.75, 3.05) is 6.61 Å². The van der Waals surface area contributed by atoms with E-state index >= 15 is 0 Å². The van der Waals surface area contributed by atoms with Crippen molar-refractivity contribution in [2.24, 2.45) is 13.0 Å². The van der Waals surface area contributed by atoms with Crippen molar-refractivity contribution in [3.05, 3.63) is 53.6 Å². The lowest BCUT2D eigenvalue weighted by atomic mass is 9.95. The van der Waals surface area contributed by atoms with Gasteiger partial charge in [-0.3, -0.25) is 0 Å². The van der Waals surface area contributed by atoms with Crippen LogP contribution in [0, 0.1) is 12.8 Å². The molecule has 0 bridgehead atoms. The second-order valence-corrected chi connectivity index (χ2v) is 5.23. The maximum atomic E-state index is 9.51. The van der Waals surface area contributed by atoms with Gasteiger partial charge in [-0.15, -0.1) is 0 Å². The zero-order chi connectivity index (χ0) is 13.7. The van der Waals surface area contributed by atoms with Gasteiger partial charge >= 0.3 is 0 Å². The number of benzene rings is 1. The molecule has 19 heavy (non-hydrogen) atoms. The predicted octanol–water partition coefficient (Wildman–Crippen LogP) is 2.51. The van der Waals surface area contributed by atoms with E-state index in [2.05, 4.69) is 36.2 Å². The van der Waals surface area contributed by atoms with Crippen LogP contribution in [0.5, 0.6) is 0 Å². The zero-order valence-electron chi connectivity index (χ0n) is 11.7. The van der Waals surface area contributed by atoms with Crippen LogP contribution in [-0.4, -0.2) is 21.3 Å². The van der Waals surface area contributed by atoms with Gasteiger partial charge in [-0.1, -0.05) is 29.8 Å². The Hall–Kier alpha value is -1.61. The molecule has 0 aliphatic carbocycles. The largest absolute Gasteiger partial charge is 0.396 e. The molecule has 1 heterocycles. The fourth-order valence-electron chi connectivity index (χ4n) is 2.29. The lowest BCUT2D eigenvalue weighted by Crippen LogP contribution is -2.12. The molecule has 2 aromatic rings. The highest BCUT2D eigenvalue weighted by Gasteiger charge is 2.10. The average Bonchev–Trinajstić information content (AvgIpc) is 2.82. The molecule has 0 aliphatic heterocycles. The van der Waals surface area contributed by atoms with Crippen molar-refractivity contribution in [1.82, 2.24) is 9.55 Å². The van der Waals surface area contributed by atoms with Crippen LogP contribution in [0.4, 0.5) is 0 Å². The fraction of sp³-hybridized carbons (Fsp3) is 0.438. The second kappa shape index (κ2) is 6.53. The van der Waals surface area contributed by atoms with Gasteiger partial charge in [0.1, 0.15) is 5.82 Å². The lowest BCUT2D eigenvalue weighted by molar-refractivity contribution is 0.217. The Labute approximate surface area is 114 Å². The minimum Gasteiger partial charge on any atom is -0.396 e. The molecule has 1 atom stereocenters. The first-order valence-corrected chi connectivity index (χ1v) is 6.81. The molecule has 0 fully saturated rings. The first kappa shape index (κ1) is 13.8. The highest BCUT2D eigenvalue weighted by atomic mass is 16.3. The van der Waals surface area contributed by atoms with Gasteiger partial charge in [0.05, 0.1) is 0 Å². The van der Waals surface area contributed by atoms with E-state index < -0.39 is 0 Å². The smallest absolute Gasteiger partial charge is 0.108 e. The quantitative estimate of drug-likeness (QED) is 0.864. The summed E-state index contributed by atoms with van der Waals surface area (Å²) in [6.45, 7) is 2.33. The molecule has 2 rings (SSSR count). The number of hydrogen-bond acceptors (Lipinski definition) is 2. The Kier molecular flexibility index (Phi) is 4.74. The van der Waals surface area contributed by atoms with E-state index in [0.717, 1.165) is 25.1 Å². The molecule has 1 aromatic carbocycles. The third-order valence-electron chi connectivity index (χ3n) is 3.60. The Morgan fingerprint density at radius 1 is 1.26 bits per heavy atom. The van der Waals surface area contributed by atoms with Gasteiger partial charge in [0, 0.05) is 32.5 Å². The van der Waals surface area contributed by atoms with Crippen LogP contribution in [0.3, 0.4) is 0 Å². The molecule has 1 unspecified atom stereocenters. The van der Waals surface area contributed by atoms with Crippen LogP contribution in [-0.2, 0) is 19.9 Å². The molecule has 1 aromatic heterocycles. The van der Waals surface area contributed by atoms with E-state index in [4.69, 9.17) is 0 Å². The highest BCUT2D eigenvalue weighted by molar-refractivity contribution is 5.21. The monoisotopic (exact) mass is 258 g/mol. The number of nitrogens with zero attached hydrogens (tertiary/aromatic N) is 2. The van der Waals surface area contributed by atoms with Crippen molar-refractivity contribution in [2.45, 2.75) is 26.2 Å². The number of aryl methyl sites for hydroxylation is 3. The number of rotatable bonds is 6. The van der Waals surface area contributed by atoms with Crippen molar-refractivity contribution in [3.63, 3.8) is 0 Å². The van der Waals surface area contributed by atoms with E-state index in [1.54, 1.807) is 0 Å². The van der Waals surface area contributed by atoms with E-state index in [0.29, 0.717) is 5.92 Å². The molecule has 0 radical (unpaired) electrons. The maximum Gasteiger partial charge on any atom is 0.108 e. The summed E-state index contributed by atoms with van der Waals surface area (Å²) < 4.78 is 2.04. The van der Waals surface area contributed by atoms with E-state index in [1.807, 2.05) is 24.0 Å². The summed E-state index contributed by atoms with van der Waals surface area (Å²) in [7, 11) is 2.01. The molecule has 0 saturated carbocycles. The summed E-state index contributed by atoms with van der Waals surface area (Å²) in [5, 5.41) is 9.51. The summed E-state index contributed by atoms with van der Waals surface area (Å²) >= 11 is 0. The molecule has 0 aliphatic rings. The predicted molar refractivity (Wildman–Crippen MR) is 77.0 cm³/mol. The first-order valence-electron chi connectivity index (χ1n) is 6.81. The van der Waals surface area contributed by atoms with Crippen LogP contribution in [0.15, 0.2) is 36.7 Å². The van der Waals surface area contributed by atoms with Gasteiger partial charge in [-0.2, -0.15) is 0 Å². The SMILES string of the molecule is Cc1ccc(CC(CO)CCc2nccn2C)cc1. The van der Waals surface area contributed by atoms with Gasteiger partial charge < -0.3 is 9.67 Å². The van der Waals surface area contributed by atoms with Crippen molar-refractivity contribution >= 4 is 0 Å². The van der Waals surface area contributed by atoms with Crippen LogP contribution in [0.2, 0.25) is 0 Å². The standard InChI is InChI=1S/C16H22N2O/c1-13-3-5-14(6-4-13)11-15(12-19)7-8-16-17-9-10-18(16)2/h3-6,9-10,15,19H,7-8,11-12H2,1-2H3. The highest BCUT2D eigenvalue weighted by Crippen LogP contribution is 2.15. The third kappa shape index (κ3) is 3.93. The third-order valence-corrected chi connectivity index (χ3v) is 3.60. The van der Waals surface area contributed by atoms with E-state index in [9.17, 15) is 5.11 Å². The van der Waals surface area contributed by atoms with Gasteiger partial charge in [-0.05, 0) is 31.2 Å². The summed E-state index contributed by atoms with van der Waals surface area (Å²) in [6.07, 6.45) is 6.60. The topological polar surface area (TPSA) is 38.1 Å². The number of aliphatic hydroxyl groups excluding tert-OH is 1. The molecular weight excluding hydrogens is 236 g/mol.